The lowest BCUT2D eigenvalue weighted by atomic mass is 9.79. The van der Waals surface area contributed by atoms with Crippen molar-refractivity contribution in [2.24, 2.45) is 5.92 Å². The molecule has 7 nitrogen and oxygen atoms in total. The van der Waals surface area contributed by atoms with E-state index in [0.29, 0.717) is 12.5 Å². The molecule has 2 aromatic heterocycles. The zero-order valence-electron chi connectivity index (χ0n) is 16.0. The van der Waals surface area contributed by atoms with E-state index in [4.69, 9.17) is 9.47 Å². The zero-order valence-corrected chi connectivity index (χ0v) is 16.0. The third kappa shape index (κ3) is 3.89. The van der Waals surface area contributed by atoms with Crippen molar-refractivity contribution in [3.8, 4) is 0 Å². The van der Waals surface area contributed by atoms with E-state index in [0.717, 1.165) is 56.3 Å². The minimum Gasteiger partial charge on any atom is -0.377 e. The first-order valence-corrected chi connectivity index (χ1v) is 9.51. The van der Waals surface area contributed by atoms with Crippen molar-refractivity contribution in [3.05, 3.63) is 42.5 Å². The van der Waals surface area contributed by atoms with Crippen LogP contribution in [0.5, 0.6) is 0 Å². The summed E-state index contributed by atoms with van der Waals surface area (Å²) in [6.45, 7) is 4.03. The van der Waals surface area contributed by atoms with Crippen LogP contribution in [-0.4, -0.2) is 61.0 Å². The normalized spacial score (nSPS) is 20.7. The summed E-state index contributed by atoms with van der Waals surface area (Å²) in [5.74, 6) is 2.44. The van der Waals surface area contributed by atoms with Crippen LogP contribution < -0.4 is 9.80 Å². The predicted octanol–water partition coefficient (Wildman–Crippen LogP) is 2.14. The van der Waals surface area contributed by atoms with Crippen molar-refractivity contribution in [3.63, 3.8) is 0 Å². The summed E-state index contributed by atoms with van der Waals surface area (Å²) >= 11 is 0. The molecule has 0 bridgehead atoms. The first-order chi connectivity index (χ1) is 13.2. The van der Waals surface area contributed by atoms with Crippen molar-refractivity contribution in [1.29, 1.82) is 0 Å². The Hall–Kier alpha value is -2.25. The molecule has 0 aromatic carbocycles. The summed E-state index contributed by atoms with van der Waals surface area (Å²) in [6, 6.07) is 6.02. The van der Waals surface area contributed by atoms with Crippen LogP contribution in [-0.2, 0) is 16.1 Å². The molecule has 0 unspecified atom stereocenters. The topological polar surface area (TPSA) is 63.6 Å². The average molecular weight is 369 g/mol. The van der Waals surface area contributed by atoms with Gasteiger partial charge in [-0.05, 0) is 36.5 Å². The summed E-state index contributed by atoms with van der Waals surface area (Å²) in [5, 5.41) is 0. The Morgan fingerprint density at radius 3 is 2.85 bits per heavy atom. The summed E-state index contributed by atoms with van der Waals surface area (Å²) in [4.78, 5) is 17.0. The number of aromatic nitrogens is 3. The molecule has 1 spiro atoms. The number of pyridine rings is 1. The highest BCUT2D eigenvalue weighted by molar-refractivity contribution is 5.52. The fraction of sp³-hybridized carbons (Fsp3) is 0.550. The highest BCUT2D eigenvalue weighted by Gasteiger charge is 2.53. The Morgan fingerprint density at radius 1 is 1.26 bits per heavy atom. The Morgan fingerprint density at radius 2 is 2.07 bits per heavy atom. The third-order valence-corrected chi connectivity index (χ3v) is 5.57. The van der Waals surface area contributed by atoms with Gasteiger partial charge in [-0.2, -0.15) is 0 Å². The minimum atomic E-state index is -0.0384. The smallest absolute Gasteiger partial charge is 0.134 e. The van der Waals surface area contributed by atoms with Gasteiger partial charge < -0.3 is 19.3 Å². The molecule has 2 fully saturated rings. The van der Waals surface area contributed by atoms with Gasteiger partial charge in [0.25, 0.3) is 0 Å². The first-order valence-electron chi connectivity index (χ1n) is 9.51. The van der Waals surface area contributed by atoms with Crippen molar-refractivity contribution in [2.75, 3.05) is 50.2 Å². The van der Waals surface area contributed by atoms with E-state index in [-0.39, 0.29) is 5.60 Å². The maximum atomic E-state index is 6.17. The largest absolute Gasteiger partial charge is 0.377 e. The van der Waals surface area contributed by atoms with Crippen LogP contribution in [0.2, 0.25) is 0 Å². The van der Waals surface area contributed by atoms with Crippen molar-refractivity contribution >= 4 is 11.6 Å². The summed E-state index contributed by atoms with van der Waals surface area (Å²) < 4.78 is 12.0. The molecule has 2 aliphatic heterocycles. The van der Waals surface area contributed by atoms with Crippen LogP contribution >= 0.6 is 0 Å². The molecular weight excluding hydrogens is 342 g/mol. The monoisotopic (exact) mass is 369 g/mol. The molecule has 2 aromatic rings. The number of rotatable bonds is 7. The van der Waals surface area contributed by atoms with Gasteiger partial charge in [0.2, 0.25) is 0 Å². The highest BCUT2D eigenvalue weighted by Crippen LogP contribution is 2.43. The molecule has 27 heavy (non-hydrogen) atoms. The average Bonchev–Trinajstić information content (AvgIpc) is 3.09. The van der Waals surface area contributed by atoms with Crippen LogP contribution in [0.25, 0.3) is 0 Å². The summed E-state index contributed by atoms with van der Waals surface area (Å²) in [6.07, 6.45) is 7.38. The fourth-order valence-electron chi connectivity index (χ4n) is 3.95. The number of hydrogen-bond acceptors (Lipinski definition) is 7. The van der Waals surface area contributed by atoms with Crippen LogP contribution in [0, 0.1) is 5.92 Å². The van der Waals surface area contributed by atoms with Crippen molar-refractivity contribution in [1.82, 2.24) is 15.0 Å². The van der Waals surface area contributed by atoms with Crippen LogP contribution in [0.3, 0.4) is 0 Å². The Labute approximate surface area is 160 Å². The number of anilines is 2. The third-order valence-electron chi connectivity index (χ3n) is 5.57. The lowest BCUT2D eigenvalue weighted by Gasteiger charge is -2.51. The van der Waals surface area contributed by atoms with Gasteiger partial charge in [-0.3, -0.25) is 4.98 Å². The van der Waals surface area contributed by atoms with Gasteiger partial charge in [-0.15, -0.1) is 0 Å². The van der Waals surface area contributed by atoms with E-state index in [9.17, 15) is 0 Å². The van der Waals surface area contributed by atoms with Gasteiger partial charge in [0.1, 0.15) is 23.6 Å². The maximum Gasteiger partial charge on any atom is 0.134 e. The molecule has 1 atom stereocenters. The first kappa shape index (κ1) is 18.1. The van der Waals surface area contributed by atoms with Crippen LogP contribution in [0.1, 0.15) is 18.4 Å². The van der Waals surface area contributed by atoms with Gasteiger partial charge >= 0.3 is 0 Å². The maximum absolute atomic E-state index is 6.17. The quantitative estimate of drug-likeness (QED) is 0.693. The summed E-state index contributed by atoms with van der Waals surface area (Å²) in [5.41, 5.74) is 1.13. The van der Waals surface area contributed by atoms with E-state index >= 15 is 0 Å². The Balaban J connectivity index is 1.28. The molecule has 144 valence electrons. The molecule has 0 N–H and O–H groups in total. The van der Waals surface area contributed by atoms with E-state index in [2.05, 4.69) is 19.9 Å². The van der Waals surface area contributed by atoms with E-state index in [1.54, 1.807) is 18.7 Å². The number of hydrogen-bond donors (Lipinski definition) is 0. The van der Waals surface area contributed by atoms with Gasteiger partial charge in [0.05, 0.1) is 19.7 Å². The van der Waals surface area contributed by atoms with Crippen molar-refractivity contribution in [2.45, 2.75) is 25.0 Å². The molecule has 0 saturated carbocycles. The van der Waals surface area contributed by atoms with Gasteiger partial charge in [0, 0.05) is 45.8 Å². The SMILES string of the molecule is CN(C)c1cc(N2CC3(C2)OCC[C@H]3CCOCc2ccncc2)ncn1. The number of nitrogens with zero attached hydrogens (tertiary/aromatic N) is 5. The predicted molar refractivity (Wildman–Crippen MR) is 104 cm³/mol. The van der Waals surface area contributed by atoms with E-state index in [1.807, 2.05) is 37.2 Å². The van der Waals surface area contributed by atoms with Crippen LogP contribution in [0.4, 0.5) is 11.6 Å². The molecule has 2 aliphatic rings. The van der Waals surface area contributed by atoms with E-state index in [1.165, 1.54) is 0 Å². The minimum absolute atomic E-state index is 0.0384. The van der Waals surface area contributed by atoms with Gasteiger partial charge in [0.15, 0.2) is 0 Å². The molecule has 4 heterocycles. The number of ether oxygens (including phenoxy) is 2. The second kappa shape index (κ2) is 7.78. The Bertz CT molecular complexity index is 749. The lowest BCUT2D eigenvalue weighted by molar-refractivity contribution is -0.0512. The zero-order chi connectivity index (χ0) is 18.7. The second-order valence-corrected chi connectivity index (χ2v) is 7.58. The van der Waals surface area contributed by atoms with Crippen molar-refractivity contribution < 1.29 is 9.47 Å². The highest BCUT2D eigenvalue weighted by atomic mass is 16.5. The lowest BCUT2D eigenvalue weighted by Crippen LogP contribution is -2.65. The molecule has 4 rings (SSSR count). The molecule has 2 saturated heterocycles. The molecule has 7 heteroatoms. The van der Waals surface area contributed by atoms with Gasteiger partial charge in [-0.1, -0.05) is 0 Å². The Kier molecular flexibility index (Phi) is 5.22. The molecular formula is C20H27N5O2. The second-order valence-electron chi connectivity index (χ2n) is 7.58. The molecule has 0 amide bonds. The standard InChI is InChI=1S/C20H27N5O2/c1-24(2)18-11-19(23-15-22-18)25-13-20(14-25)17(6-10-27-20)5-9-26-12-16-3-7-21-8-4-16/h3-4,7-8,11,15,17H,5-6,9-10,12-14H2,1-2H3/t17-/m1/s1. The summed E-state index contributed by atoms with van der Waals surface area (Å²) in [7, 11) is 3.98. The molecule has 0 aliphatic carbocycles. The van der Waals surface area contributed by atoms with Crippen LogP contribution in [0.15, 0.2) is 36.9 Å². The molecule has 0 radical (unpaired) electrons. The fourth-order valence-corrected chi connectivity index (χ4v) is 3.95. The van der Waals surface area contributed by atoms with E-state index < -0.39 is 0 Å². The van der Waals surface area contributed by atoms with Gasteiger partial charge in [-0.25, -0.2) is 9.97 Å².